The molecule has 0 atom stereocenters. The number of carbonyl (C=O) groups excluding carboxylic acids is 2. The highest BCUT2D eigenvalue weighted by molar-refractivity contribution is 5.93. The smallest absolute Gasteiger partial charge is 0.406 e. The first-order valence-corrected chi connectivity index (χ1v) is 5.04. The largest absolute Gasteiger partial charge is 0.410 e. The molecule has 0 saturated heterocycles. The maximum absolute atomic E-state index is 10.9. The first kappa shape index (κ1) is 11.7. The van der Waals surface area contributed by atoms with Crippen molar-refractivity contribution < 1.29 is 19.1 Å². The number of rotatable bonds is 2. The van der Waals surface area contributed by atoms with Crippen molar-refractivity contribution in [1.29, 1.82) is 0 Å². The lowest BCUT2D eigenvalue weighted by atomic mass is 10.1. The zero-order chi connectivity index (χ0) is 13.1. The summed E-state index contributed by atoms with van der Waals surface area (Å²) in [7, 11) is 0. The second kappa shape index (κ2) is 4.62. The second-order valence-corrected chi connectivity index (χ2v) is 3.46. The van der Waals surface area contributed by atoms with E-state index in [1.807, 2.05) is 12.1 Å². The number of amides is 2. The summed E-state index contributed by atoms with van der Waals surface area (Å²) in [6, 6.07) is 10.3. The first-order chi connectivity index (χ1) is 8.58. The average molecular weight is 246 g/mol. The van der Waals surface area contributed by atoms with Gasteiger partial charge < -0.3 is 20.9 Å². The molecule has 0 spiro atoms. The van der Waals surface area contributed by atoms with Crippen LogP contribution < -0.4 is 20.9 Å². The van der Waals surface area contributed by atoms with Crippen LogP contribution in [0.4, 0.5) is 9.59 Å². The molecule has 0 unspecified atom stereocenters. The van der Waals surface area contributed by atoms with Gasteiger partial charge in [0, 0.05) is 5.39 Å². The average Bonchev–Trinajstić information content (AvgIpc) is 2.31. The molecular formula is C12H10N2O4. The van der Waals surface area contributed by atoms with E-state index in [4.69, 9.17) is 20.9 Å². The van der Waals surface area contributed by atoms with Crippen molar-refractivity contribution in [3.05, 3.63) is 36.4 Å². The number of ether oxygens (including phenoxy) is 2. The van der Waals surface area contributed by atoms with Crippen molar-refractivity contribution in [2.24, 2.45) is 11.5 Å². The minimum absolute atomic E-state index is 0.0417. The number of hydrogen-bond acceptors (Lipinski definition) is 4. The first-order valence-electron chi connectivity index (χ1n) is 5.04. The zero-order valence-electron chi connectivity index (χ0n) is 9.25. The van der Waals surface area contributed by atoms with Crippen LogP contribution in [0.15, 0.2) is 36.4 Å². The molecule has 2 aromatic rings. The summed E-state index contributed by atoms with van der Waals surface area (Å²) in [6.07, 6.45) is -2.00. The van der Waals surface area contributed by atoms with Gasteiger partial charge in [-0.25, -0.2) is 9.59 Å². The Labute approximate surface area is 102 Å². The summed E-state index contributed by atoms with van der Waals surface area (Å²) in [5.74, 6) is 0.111. The molecular weight excluding hydrogens is 236 g/mol. The maximum atomic E-state index is 10.9. The Morgan fingerprint density at radius 2 is 1.56 bits per heavy atom. The summed E-state index contributed by atoms with van der Waals surface area (Å²) in [6.45, 7) is 0. The summed E-state index contributed by atoms with van der Waals surface area (Å²) in [5, 5.41) is 1.40. The van der Waals surface area contributed by atoms with Gasteiger partial charge in [-0.3, -0.25) is 0 Å². The third-order valence-electron chi connectivity index (χ3n) is 2.26. The Balaban J connectivity index is 2.62. The highest BCUT2D eigenvalue weighted by atomic mass is 16.6. The molecule has 18 heavy (non-hydrogen) atoms. The molecule has 92 valence electrons. The van der Waals surface area contributed by atoms with Crippen LogP contribution in [0.5, 0.6) is 11.5 Å². The lowest BCUT2D eigenvalue weighted by molar-refractivity contribution is 0.201. The summed E-state index contributed by atoms with van der Waals surface area (Å²) < 4.78 is 9.63. The van der Waals surface area contributed by atoms with E-state index in [-0.39, 0.29) is 11.5 Å². The van der Waals surface area contributed by atoms with Crippen LogP contribution in [0.25, 0.3) is 10.8 Å². The van der Waals surface area contributed by atoms with Gasteiger partial charge in [0.1, 0.15) is 0 Å². The topological polar surface area (TPSA) is 105 Å². The number of benzene rings is 2. The lowest BCUT2D eigenvalue weighted by Gasteiger charge is -2.10. The fourth-order valence-electron chi connectivity index (χ4n) is 1.62. The van der Waals surface area contributed by atoms with Crippen molar-refractivity contribution in [3.63, 3.8) is 0 Å². The SMILES string of the molecule is NC(=O)Oc1ccc2ccccc2c1OC(N)=O. The van der Waals surface area contributed by atoms with Gasteiger partial charge in [-0.15, -0.1) is 0 Å². The van der Waals surface area contributed by atoms with Gasteiger partial charge in [0.25, 0.3) is 0 Å². The van der Waals surface area contributed by atoms with Gasteiger partial charge in [-0.1, -0.05) is 30.3 Å². The van der Waals surface area contributed by atoms with Crippen LogP contribution in [0.3, 0.4) is 0 Å². The van der Waals surface area contributed by atoms with Crippen molar-refractivity contribution in [2.75, 3.05) is 0 Å². The van der Waals surface area contributed by atoms with Crippen LogP contribution in [-0.2, 0) is 0 Å². The molecule has 6 nitrogen and oxygen atoms in total. The Morgan fingerprint density at radius 3 is 2.22 bits per heavy atom. The van der Waals surface area contributed by atoms with E-state index in [2.05, 4.69) is 0 Å². The molecule has 0 heterocycles. The molecule has 0 bridgehead atoms. The quantitative estimate of drug-likeness (QED) is 0.842. The Bertz CT molecular complexity index is 625. The molecule has 0 aliphatic carbocycles. The van der Waals surface area contributed by atoms with Crippen molar-refractivity contribution in [1.82, 2.24) is 0 Å². The van der Waals surface area contributed by atoms with Gasteiger partial charge in [0.15, 0.2) is 11.5 Å². The molecule has 6 heteroatoms. The van der Waals surface area contributed by atoms with Crippen LogP contribution in [0, 0.1) is 0 Å². The van der Waals surface area contributed by atoms with E-state index in [1.54, 1.807) is 18.2 Å². The van der Waals surface area contributed by atoms with Crippen LogP contribution in [0.1, 0.15) is 0 Å². The summed E-state index contributed by atoms with van der Waals surface area (Å²) in [5.41, 5.74) is 9.92. The van der Waals surface area contributed by atoms with Crippen LogP contribution in [0.2, 0.25) is 0 Å². The Hall–Kier alpha value is -2.76. The standard InChI is InChI=1S/C12H10N2O4/c13-11(15)17-9-6-5-7-3-1-2-4-8(7)10(9)18-12(14)16/h1-6H,(H2,13,15)(H2,14,16). The molecule has 0 radical (unpaired) electrons. The molecule has 0 saturated carbocycles. The van der Waals surface area contributed by atoms with E-state index in [0.717, 1.165) is 5.39 Å². The predicted molar refractivity (Wildman–Crippen MR) is 64.4 cm³/mol. The highest BCUT2D eigenvalue weighted by Gasteiger charge is 2.14. The molecule has 2 aromatic carbocycles. The van der Waals surface area contributed by atoms with Gasteiger partial charge in [0.05, 0.1) is 0 Å². The van der Waals surface area contributed by atoms with E-state index < -0.39 is 12.2 Å². The minimum Gasteiger partial charge on any atom is -0.406 e. The molecule has 0 aliphatic rings. The lowest BCUT2D eigenvalue weighted by Crippen LogP contribution is -2.20. The second-order valence-electron chi connectivity index (χ2n) is 3.46. The molecule has 2 rings (SSSR count). The fraction of sp³-hybridized carbons (Fsp3) is 0. The van der Waals surface area contributed by atoms with Crippen LogP contribution in [-0.4, -0.2) is 12.2 Å². The molecule has 0 aromatic heterocycles. The highest BCUT2D eigenvalue weighted by Crippen LogP contribution is 2.35. The van der Waals surface area contributed by atoms with Gasteiger partial charge in [-0.2, -0.15) is 0 Å². The minimum atomic E-state index is -1.00. The van der Waals surface area contributed by atoms with Gasteiger partial charge in [0.2, 0.25) is 0 Å². The predicted octanol–water partition coefficient (Wildman–Crippen LogP) is 1.75. The zero-order valence-corrected chi connectivity index (χ0v) is 9.25. The Morgan fingerprint density at radius 1 is 0.889 bits per heavy atom. The Kier molecular flexibility index (Phi) is 3.01. The van der Waals surface area contributed by atoms with E-state index in [0.29, 0.717) is 5.39 Å². The van der Waals surface area contributed by atoms with Crippen molar-refractivity contribution in [2.45, 2.75) is 0 Å². The summed E-state index contributed by atoms with van der Waals surface area (Å²) in [4.78, 5) is 21.6. The monoisotopic (exact) mass is 246 g/mol. The fourth-order valence-corrected chi connectivity index (χ4v) is 1.62. The third-order valence-corrected chi connectivity index (χ3v) is 2.26. The molecule has 0 aliphatic heterocycles. The number of hydrogen-bond donors (Lipinski definition) is 2. The van der Waals surface area contributed by atoms with E-state index in [1.165, 1.54) is 6.07 Å². The third kappa shape index (κ3) is 2.32. The number of nitrogens with two attached hydrogens (primary N) is 2. The van der Waals surface area contributed by atoms with Crippen molar-refractivity contribution >= 4 is 23.0 Å². The van der Waals surface area contributed by atoms with Gasteiger partial charge in [-0.05, 0) is 11.5 Å². The van der Waals surface area contributed by atoms with Crippen LogP contribution >= 0.6 is 0 Å². The van der Waals surface area contributed by atoms with E-state index in [9.17, 15) is 9.59 Å². The van der Waals surface area contributed by atoms with Crippen molar-refractivity contribution in [3.8, 4) is 11.5 Å². The normalized spacial score (nSPS) is 10.0. The molecule has 4 N–H and O–H groups in total. The summed E-state index contributed by atoms with van der Waals surface area (Å²) >= 11 is 0. The molecule has 2 amide bonds. The number of fused-ring (bicyclic) bond motifs is 1. The number of carbonyl (C=O) groups is 2. The number of primary amides is 2. The maximum Gasteiger partial charge on any atom is 0.410 e. The van der Waals surface area contributed by atoms with E-state index >= 15 is 0 Å². The molecule has 0 fully saturated rings. The van der Waals surface area contributed by atoms with Gasteiger partial charge >= 0.3 is 12.2 Å².